The van der Waals surface area contributed by atoms with Gasteiger partial charge in [0.05, 0.1) is 24.9 Å². The molecule has 3 amide bonds. The lowest BCUT2D eigenvalue weighted by atomic mass is 10.1. The number of fused-ring (bicyclic) bond motifs is 3. The maximum atomic E-state index is 14.5. The van der Waals surface area contributed by atoms with E-state index in [0.29, 0.717) is 35.0 Å². The molecule has 2 aliphatic carbocycles. The topological polar surface area (TPSA) is 169 Å². The second-order valence-electron chi connectivity index (χ2n) is 16.0. The summed E-state index contributed by atoms with van der Waals surface area (Å²) in [6.45, 7) is 7.40. The normalized spacial score (nSPS) is 26.8. The van der Waals surface area contributed by atoms with Crippen LogP contribution in [0.1, 0.15) is 95.7 Å². The Bertz CT molecular complexity index is 1990. The minimum absolute atomic E-state index is 0.0123. The van der Waals surface area contributed by atoms with Gasteiger partial charge >= 0.3 is 12.1 Å². The Hall–Kier alpha value is -4.72. The number of thiazole rings is 1. The van der Waals surface area contributed by atoms with Gasteiger partial charge < -0.3 is 34.9 Å². The van der Waals surface area contributed by atoms with Crippen LogP contribution in [-0.2, 0) is 19.1 Å². The first kappa shape index (κ1) is 37.6. The number of carbonyl (C=O) groups is 4. The lowest BCUT2D eigenvalue weighted by molar-refractivity contribution is -0.148. The Morgan fingerprint density at radius 1 is 1.09 bits per heavy atom. The van der Waals surface area contributed by atoms with Crippen molar-refractivity contribution >= 4 is 46.1 Å². The third-order valence-corrected chi connectivity index (χ3v) is 11.6. The van der Waals surface area contributed by atoms with E-state index in [1.54, 1.807) is 7.11 Å². The fourth-order valence-electron chi connectivity index (χ4n) is 7.51. The van der Waals surface area contributed by atoms with Crippen molar-refractivity contribution in [3.05, 3.63) is 47.0 Å². The number of carboxylic acid groups (broad SMARTS) is 1. The summed E-state index contributed by atoms with van der Waals surface area (Å²) >= 11 is 1.53. The molecule has 54 heavy (non-hydrogen) atoms. The molecule has 0 spiro atoms. The van der Waals surface area contributed by atoms with Gasteiger partial charge in [-0.15, -0.1) is 11.3 Å². The minimum atomic E-state index is -1.45. The lowest BCUT2D eigenvalue weighted by Gasteiger charge is -2.29. The number of alkyl carbamates (subject to hydrolysis) is 1. The zero-order valence-corrected chi connectivity index (χ0v) is 32.3. The predicted molar refractivity (Wildman–Crippen MR) is 203 cm³/mol. The van der Waals surface area contributed by atoms with Crippen LogP contribution in [0.3, 0.4) is 0 Å². The van der Waals surface area contributed by atoms with Gasteiger partial charge in [0.1, 0.15) is 39.9 Å². The summed E-state index contributed by atoms with van der Waals surface area (Å²) in [5.41, 5.74) is 1.16. The summed E-state index contributed by atoms with van der Waals surface area (Å²) in [6, 6.07) is 4.52. The highest BCUT2D eigenvalue weighted by Crippen LogP contribution is 2.46. The number of hydrogen-bond donors (Lipinski definition) is 3. The standard InChI is InChI=1S/C40H49N5O8S/c1-22-30(51-5)16-15-26-32(18-27(41-33(22)26)35-42-28(21-54-35)23-13-14-23)52-25-17-29-34(46)43-40(37(48)49)19-24(40)11-9-7-6-8-10-12-31(36(47)45(29)20-25)53-38(50)44-39(2,3)4/h9,11,15-16,18,21,23-25,29,31H,6-8,10,12-14,17,19-20H2,1-5H3,(H,43,46)(H,44,50)(H,48,49)/b11-9+/t24-,25-,29+,31?,40-/m1/s1. The highest BCUT2D eigenvalue weighted by Gasteiger charge is 2.61. The molecule has 3 N–H and O–H groups in total. The molecule has 0 radical (unpaired) electrons. The summed E-state index contributed by atoms with van der Waals surface area (Å²) in [4.78, 5) is 65.5. The molecule has 4 aliphatic rings. The molecule has 3 aromatic rings. The first-order valence-electron chi connectivity index (χ1n) is 18.9. The molecular weight excluding hydrogens is 711 g/mol. The maximum Gasteiger partial charge on any atom is 0.408 e. The molecule has 7 rings (SSSR count). The smallest absolute Gasteiger partial charge is 0.408 e. The number of hydrogen-bond acceptors (Lipinski definition) is 10. The Labute approximate surface area is 318 Å². The number of aromatic nitrogens is 2. The molecular formula is C40H49N5O8S. The van der Waals surface area contributed by atoms with Gasteiger partial charge in [-0.2, -0.15) is 0 Å². The van der Waals surface area contributed by atoms with Crippen molar-refractivity contribution in [3.63, 3.8) is 0 Å². The van der Waals surface area contributed by atoms with Gasteiger partial charge in [-0.1, -0.05) is 18.6 Å². The van der Waals surface area contributed by atoms with Crippen molar-refractivity contribution in [3.8, 4) is 22.2 Å². The van der Waals surface area contributed by atoms with Crippen LogP contribution in [0.2, 0.25) is 0 Å². The lowest BCUT2D eigenvalue weighted by Crippen LogP contribution is -2.55. The third-order valence-electron chi connectivity index (χ3n) is 10.7. The van der Waals surface area contributed by atoms with Gasteiger partial charge in [-0.3, -0.25) is 9.59 Å². The second kappa shape index (κ2) is 14.8. The van der Waals surface area contributed by atoms with E-state index >= 15 is 0 Å². The van der Waals surface area contributed by atoms with Gasteiger partial charge in [-0.25, -0.2) is 19.6 Å². The first-order valence-corrected chi connectivity index (χ1v) is 19.8. The van der Waals surface area contributed by atoms with Crippen molar-refractivity contribution in [2.24, 2.45) is 5.92 Å². The number of aliphatic carboxylic acids is 1. The maximum absolute atomic E-state index is 14.5. The van der Waals surface area contributed by atoms with E-state index in [2.05, 4.69) is 16.0 Å². The molecule has 3 fully saturated rings. The van der Waals surface area contributed by atoms with Crippen molar-refractivity contribution < 1.29 is 38.5 Å². The average Bonchev–Trinajstić information content (AvgIpc) is 3.98. The summed E-state index contributed by atoms with van der Waals surface area (Å²) in [6.07, 6.45) is 7.13. The van der Waals surface area contributed by atoms with E-state index in [1.165, 1.54) is 16.2 Å². The number of carboxylic acids is 1. The van der Waals surface area contributed by atoms with Crippen molar-refractivity contribution in [2.45, 2.75) is 121 Å². The molecule has 1 saturated heterocycles. The molecule has 2 aromatic heterocycles. The minimum Gasteiger partial charge on any atom is -0.496 e. The van der Waals surface area contributed by atoms with E-state index in [0.717, 1.165) is 53.8 Å². The van der Waals surface area contributed by atoms with Gasteiger partial charge in [0.25, 0.3) is 5.91 Å². The molecule has 1 aromatic carbocycles. The first-order chi connectivity index (χ1) is 25.8. The van der Waals surface area contributed by atoms with E-state index in [9.17, 15) is 24.3 Å². The fraction of sp³-hybridized carbons (Fsp3) is 0.550. The number of allylic oxidation sites excluding steroid dienone is 1. The number of methoxy groups -OCH3 is 1. The summed E-state index contributed by atoms with van der Waals surface area (Å²) in [5, 5.41) is 19.4. The monoisotopic (exact) mass is 759 g/mol. The Morgan fingerprint density at radius 3 is 2.61 bits per heavy atom. The zero-order valence-electron chi connectivity index (χ0n) is 31.5. The van der Waals surface area contributed by atoms with E-state index < -0.39 is 53.2 Å². The number of nitrogens with zero attached hydrogens (tertiary/aromatic N) is 3. The largest absolute Gasteiger partial charge is 0.496 e. The predicted octanol–water partition coefficient (Wildman–Crippen LogP) is 6.27. The van der Waals surface area contributed by atoms with Crippen LogP contribution in [0, 0.1) is 12.8 Å². The molecule has 5 atom stereocenters. The van der Waals surface area contributed by atoms with Gasteiger partial charge in [0, 0.05) is 46.2 Å². The van der Waals surface area contributed by atoms with Gasteiger partial charge in [0.2, 0.25) is 5.91 Å². The third kappa shape index (κ3) is 7.89. The van der Waals surface area contributed by atoms with Crippen molar-refractivity contribution in [2.75, 3.05) is 13.7 Å². The second-order valence-corrected chi connectivity index (χ2v) is 16.9. The van der Waals surface area contributed by atoms with Crippen molar-refractivity contribution in [1.29, 1.82) is 0 Å². The summed E-state index contributed by atoms with van der Waals surface area (Å²) in [5.74, 6) is -0.916. The van der Waals surface area contributed by atoms with Gasteiger partial charge in [-0.05, 0) is 84.8 Å². The number of nitrogens with one attached hydrogen (secondary N) is 2. The van der Waals surface area contributed by atoms with Crippen LogP contribution >= 0.6 is 11.3 Å². The summed E-state index contributed by atoms with van der Waals surface area (Å²) in [7, 11) is 1.61. The van der Waals surface area contributed by atoms with E-state index in [-0.39, 0.29) is 31.7 Å². The Morgan fingerprint density at radius 2 is 1.89 bits per heavy atom. The Kier molecular flexibility index (Phi) is 10.3. The quantitative estimate of drug-likeness (QED) is 0.233. The highest BCUT2D eigenvalue weighted by molar-refractivity contribution is 7.13. The van der Waals surface area contributed by atoms with Crippen LogP contribution in [-0.4, -0.2) is 86.8 Å². The van der Waals surface area contributed by atoms with E-state index in [1.807, 2.05) is 58.0 Å². The molecule has 2 aliphatic heterocycles. The van der Waals surface area contributed by atoms with Crippen LogP contribution in [0.5, 0.6) is 11.5 Å². The number of benzene rings is 1. The molecule has 1 unspecified atom stereocenters. The van der Waals surface area contributed by atoms with Crippen LogP contribution in [0.15, 0.2) is 35.7 Å². The van der Waals surface area contributed by atoms with Crippen molar-refractivity contribution in [1.82, 2.24) is 25.5 Å². The zero-order chi connectivity index (χ0) is 38.4. The highest BCUT2D eigenvalue weighted by atomic mass is 32.1. The molecule has 4 heterocycles. The summed E-state index contributed by atoms with van der Waals surface area (Å²) < 4.78 is 18.2. The average molecular weight is 760 g/mol. The SMILES string of the molecule is COc1ccc2c(O[C@@H]3C[C@H]4C(=O)N[C@]5(C(=O)O)C[C@H]5/C=C/CCCCCC(OC(=O)NC(C)(C)C)C(=O)N4C3)cc(-c3nc(C4CC4)cs3)nc2c1C. The molecule has 288 valence electrons. The fourth-order valence-corrected chi connectivity index (χ4v) is 8.37. The Balaban J connectivity index is 1.23. The van der Waals surface area contributed by atoms with Gasteiger partial charge in [0.15, 0.2) is 6.10 Å². The molecule has 0 bridgehead atoms. The number of amides is 3. The number of ether oxygens (including phenoxy) is 3. The molecule has 2 saturated carbocycles. The number of aryl methyl sites for hydroxylation is 1. The van der Waals surface area contributed by atoms with Crippen LogP contribution in [0.25, 0.3) is 21.6 Å². The number of pyridine rings is 1. The van der Waals surface area contributed by atoms with Crippen LogP contribution < -0.4 is 20.1 Å². The number of rotatable bonds is 7. The molecule has 13 nitrogen and oxygen atoms in total. The van der Waals surface area contributed by atoms with Crippen LogP contribution in [0.4, 0.5) is 4.79 Å². The molecule has 14 heteroatoms. The number of carbonyl (C=O) groups excluding carboxylic acids is 3. The van der Waals surface area contributed by atoms with E-state index in [4.69, 9.17) is 24.2 Å².